The number of benzene rings is 16. The van der Waals surface area contributed by atoms with Gasteiger partial charge in [0.05, 0.1) is 135 Å². The predicted octanol–water partition coefficient (Wildman–Crippen LogP) is 33.9. The molecule has 0 fully saturated rings. The summed E-state index contributed by atoms with van der Waals surface area (Å²) >= 11 is 0. The van der Waals surface area contributed by atoms with Gasteiger partial charge in [0.25, 0.3) is 0 Å². The molecule has 16 aromatic carbocycles. The maximum Gasteiger partial charge on any atom is 0.148 e. The van der Waals surface area contributed by atoms with Crippen LogP contribution in [0.25, 0.3) is 89.0 Å². The molecule has 0 amide bonds. The lowest BCUT2D eigenvalue weighted by molar-refractivity contribution is 0.549. The number of hydrogen-bond donors (Lipinski definition) is 0. The summed E-state index contributed by atoms with van der Waals surface area (Å²) in [4.78, 5) is 5.10. The van der Waals surface area contributed by atoms with Gasteiger partial charge in [-0.25, -0.2) is 26.3 Å². The molecule has 4 atom stereocenters. The third-order valence-corrected chi connectivity index (χ3v) is 25.2. The molecule has 0 bridgehead atoms. The Morgan fingerprint density at radius 2 is 0.514 bits per heavy atom. The molecule has 8 aliphatic rings. The predicted molar refractivity (Wildman–Crippen MR) is 562 cm³/mol. The van der Waals surface area contributed by atoms with Crippen molar-refractivity contribution in [2.24, 2.45) is 23.7 Å². The number of rotatable bonds is 20. The Labute approximate surface area is 876 Å². The smallest absolute Gasteiger partial charge is 0.148 e. The zero-order valence-corrected chi connectivity index (χ0v) is 73.4. The summed E-state index contributed by atoms with van der Waals surface area (Å²) in [6.45, 7) is 0. The molecule has 0 radical (unpaired) electrons. The van der Waals surface area contributed by atoms with Gasteiger partial charge in [-0.1, -0.05) is 351 Å². The highest BCUT2D eigenvalue weighted by molar-refractivity contribution is 5.96. The maximum atomic E-state index is 18.4. The molecule has 0 heterocycles. The maximum absolute atomic E-state index is 18.4. The molecule has 6 nitrogen and oxygen atoms in total. The summed E-state index contributed by atoms with van der Waals surface area (Å²) in [6, 6.07) is 3.41. The van der Waals surface area contributed by atoms with E-state index in [9.17, 15) is 21.5 Å². The van der Waals surface area contributed by atoms with Gasteiger partial charge in [-0.3, -0.25) is 0 Å². The fourth-order valence-electron chi connectivity index (χ4n) is 19.3. The van der Waals surface area contributed by atoms with Crippen LogP contribution in [0, 0.1) is 81.2 Å². The summed E-state index contributed by atoms with van der Waals surface area (Å²) in [7, 11) is 0. The highest BCUT2D eigenvalue weighted by atomic mass is 19.1. The minimum atomic E-state index is -1.27. The molecular weight excluding hydrogens is 1760 g/mol. The Morgan fingerprint density at radius 1 is 0.232 bits per heavy atom. The van der Waals surface area contributed by atoms with E-state index in [1.165, 1.54) is 94.7 Å². The van der Waals surface area contributed by atoms with Crippen LogP contribution in [0.15, 0.2) is 552 Å². The average molecular weight is 1880 g/mol. The van der Waals surface area contributed by atoms with Gasteiger partial charge in [0, 0.05) is 57.3 Å². The van der Waals surface area contributed by atoms with Crippen LogP contribution in [0.5, 0.6) is 0 Å². The molecule has 12 heteroatoms. The standard InChI is InChI=1S/C66H42F2N4.C64H42F4N2/c67-59-39-51(45-17-5-1-6-18-45)37-57(47-21-9-3-10-22-47)65(59)71(53-25-13-15-43(35-53)41-69)61-33-29-49-28-32-56-62(34-30-50-27-31-55(61)63(49)64(50)56)72(54-26-14-16-44(36-54)42-70)66-58(48-23-11-4-12-24-48)38-52(40-60(66)68)46-19-7-2-8-20-46;65-53-25-13-15-27-59(53)69(63-51(43-21-9-3-10-22-43)37-47(39-55(63)67)41-17-5-1-6-18-41)57-35-31-45-30-34-50-58(36-32-46-29-33-49(57)61(45)62(46)50)70(60-28-16-14-26-54(60)66)64-52(44-23-11-4-12-24-44)38-48(40-56(64)68)42-19-7-2-8-20-42/h1-40,63-64H;1-40,61-62H/i2*1D,2D,3D,4D,5D,6D,7D,8D,9D,10D,11D,12D,17D,18D,19D,20D,21D,22D,23D,24D. The van der Waals surface area contributed by atoms with E-state index in [4.69, 9.17) is 43.9 Å². The first kappa shape index (κ1) is 54.0. The van der Waals surface area contributed by atoms with Crippen LogP contribution in [0.3, 0.4) is 0 Å². The van der Waals surface area contributed by atoms with Crippen LogP contribution in [-0.2, 0) is 0 Å². The first-order valence-electron chi connectivity index (χ1n) is 63.9. The lowest BCUT2D eigenvalue weighted by Crippen LogP contribution is -2.36. The van der Waals surface area contributed by atoms with E-state index < -0.39 is 379 Å². The third-order valence-electron chi connectivity index (χ3n) is 25.2. The summed E-state index contributed by atoms with van der Waals surface area (Å²) in [5, 5.41) is 20.7. The van der Waals surface area contributed by atoms with E-state index in [0.29, 0.717) is 44.6 Å². The molecule has 16 aromatic rings. The summed E-state index contributed by atoms with van der Waals surface area (Å²) in [6.07, 6.45) is 27.1. The number of hydrogen-bond acceptors (Lipinski definition) is 6. The second kappa shape index (κ2) is 37.6. The molecular formula is C130H84F6N6. The molecule has 4 unspecified atom stereocenters. The van der Waals surface area contributed by atoms with Gasteiger partial charge >= 0.3 is 0 Å². The van der Waals surface area contributed by atoms with Crippen LogP contribution >= 0.6 is 0 Å². The molecule has 24 rings (SSSR count). The van der Waals surface area contributed by atoms with Crippen molar-refractivity contribution in [3.8, 4) is 101 Å². The second-order valence-corrected chi connectivity index (χ2v) is 32.9. The Balaban J connectivity index is 0.000000191. The molecule has 0 saturated carbocycles. The van der Waals surface area contributed by atoms with Gasteiger partial charge in [0.15, 0.2) is 0 Å². The van der Waals surface area contributed by atoms with Crippen molar-refractivity contribution < 1.29 is 81.2 Å². The van der Waals surface area contributed by atoms with Gasteiger partial charge in [0.2, 0.25) is 0 Å². The Bertz CT molecular complexity index is 10800. The quantitative estimate of drug-likeness (QED) is 0.0709. The third kappa shape index (κ3) is 16.1. The van der Waals surface area contributed by atoms with E-state index in [0.717, 1.165) is 58.3 Å². The van der Waals surface area contributed by atoms with Crippen molar-refractivity contribution >= 4 is 45.5 Å². The number of nitriles is 2. The van der Waals surface area contributed by atoms with E-state index in [1.807, 2.05) is 0 Å². The number of allylic oxidation sites excluding steroid dienone is 24. The van der Waals surface area contributed by atoms with Gasteiger partial charge in [-0.05, 0) is 245 Å². The summed E-state index contributed by atoms with van der Waals surface area (Å²) in [5.74, 6) is -10.0. The van der Waals surface area contributed by atoms with Gasteiger partial charge in [0.1, 0.15) is 34.9 Å². The fourth-order valence-corrected chi connectivity index (χ4v) is 19.3. The minimum Gasteiger partial charge on any atom is -0.307 e. The average Bonchev–Trinajstić information content (AvgIpc) is 0.703. The van der Waals surface area contributed by atoms with Crippen molar-refractivity contribution in [1.29, 1.82) is 10.5 Å². The van der Waals surface area contributed by atoms with Crippen LogP contribution in [0.4, 0.5) is 71.8 Å². The molecule has 676 valence electrons. The van der Waals surface area contributed by atoms with Crippen molar-refractivity contribution in [1.82, 2.24) is 0 Å². The molecule has 142 heavy (non-hydrogen) atoms. The topological polar surface area (TPSA) is 60.5 Å². The lowest BCUT2D eigenvalue weighted by Gasteiger charge is -2.45. The number of para-hydroxylation sites is 2. The number of nitrogens with zero attached hydrogens (tertiary/aromatic N) is 6. The zero-order chi connectivity index (χ0) is 131. The first-order chi connectivity index (χ1) is 86.4. The van der Waals surface area contributed by atoms with E-state index in [1.54, 1.807) is 109 Å². The fraction of sp³-hybridized carbons (Fsp3) is 0.0308. The molecule has 8 aliphatic carbocycles. The van der Waals surface area contributed by atoms with E-state index in [2.05, 4.69) is 12.1 Å². The summed E-state index contributed by atoms with van der Waals surface area (Å²) < 4.78 is 457. The number of halogens is 6. The van der Waals surface area contributed by atoms with E-state index in [-0.39, 0.29) is 90.0 Å². The Morgan fingerprint density at radius 3 is 0.866 bits per heavy atom. The van der Waals surface area contributed by atoms with Crippen molar-refractivity contribution in [2.45, 2.75) is 0 Å². The number of anilines is 8. The Kier molecular flexibility index (Phi) is 14.3. The van der Waals surface area contributed by atoms with Gasteiger partial charge < -0.3 is 19.6 Å². The first-order valence-corrected chi connectivity index (χ1v) is 43.9. The minimum absolute atomic E-state index is 0.0432. The van der Waals surface area contributed by atoms with Crippen molar-refractivity contribution in [3.63, 3.8) is 0 Å². The lowest BCUT2D eigenvalue weighted by atomic mass is 9.63. The molecule has 0 aromatic heterocycles. The van der Waals surface area contributed by atoms with Crippen molar-refractivity contribution in [3.05, 3.63) is 598 Å². The monoisotopic (exact) mass is 1880 g/mol. The van der Waals surface area contributed by atoms with Gasteiger partial charge in [-0.2, -0.15) is 10.5 Å². The highest BCUT2D eigenvalue weighted by Gasteiger charge is 2.47. The van der Waals surface area contributed by atoms with Crippen LogP contribution in [0.2, 0.25) is 0 Å². The highest BCUT2D eigenvalue weighted by Crippen LogP contribution is 2.60. The van der Waals surface area contributed by atoms with Crippen LogP contribution in [-0.4, -0.2) is 0 Å². The SMILES string of the molecule is [2H]c1c([2H])c([2H])c(-c2cc(F)c(N(C3=CC=C4C=CC5=C(N(c6cccc(C#N)c6)c6c(F)cc(-c7c([2H])c([2H])c([2H])c([2H])c7[2H])cc6-c6c([2H])c([2H])c([2H])c([2H])c6[2H])C=CC6=CC=C3C4C65)c3cccc(C#N)c3)c(-c3c([2H])c([2H])c([2H])c([2H])c3[2H])c2)c([2H])c1[2H].[2H]c1c([2H])c([2H])c(-c2cc(F)c(N(C3=CC=C4C=CC5=C(N(c6ccccc6F)c6c(F)cc(-c7c([2H])c([2H])c([2H])c([2H])c7[2H])cc6-c6c([2H])c([2H])c([2H])c([2H])c6[2H])C=CC6=CC=C3C4C65)c3ccccc3F)c(-c3c([2H])c([2H])c([2H])c([2H])c3[2H])c2)c([2H])c1[2H]. The zero-order valence-electron chi connectivity index (χ0n) is 113. The Hall–Kier alpha value is -18.4. The summed E-state index contributed by atoms with van der Waals surface area (Å²) in [5.41, 5.74) is -5.00. The van der Waals surface area contributed by atoms with Crippen LogP contribution < -0.4 is 19.6 Å². The van der Waals surface area contributed by atoms with Gasteiger partial charge in [-0.15, -0.1) is 0 Å². The van der Waals surface area contributed by atoms with Crippen molar-refractivity contribution in [2.75, 3.05) is 19.6 Å². The molecule has 0 spiro atoms. The largest absolute Gasteiger partial charge is 0.307 e. The van der Waals surface area contributed by atoms with E-state index >= 15 is 26.3 Å². The second-order valence-electron chi connectivity index (χ2n) is 32.9. The molecule has 0 saturated heterocycles. The normalized spacial score (nSPS) is 20.2. The molecule has 0 aliphatic heterocycles. The molecule has 0 N–H and O–H groups in total. The van der Waals surface area contributed by atoms with Crippen LogP contribution in [0.1, 0.15) is 66.0 Å².